The molecule has 0 fully saturated rings. The average molecular weight is 238 g/mol. The van der Waals surface area contributed by atoms with Crippen LogP contribution < -0.4 is 0 Å². The van der Waals surface area contributed by atoms with Crippen molar-refractivity contribution in [2.45, 2.75) is 6.42 Å². The lowest BCUT2D eigenvalue weighted by Gasteiger charge is -1.96. The molecular formula is C11H8ClNO3. The molecule has 0 saturated heterocycles. The predicted molar refractivity (Wildman–Crippen MR) is 57.7 cm³/mol. The number of carboxylic acids is 1. The summed E-state index contributed by atoms with van der Waals surface area (Å²) in [6.07, 6.45) is 0.431. The van der Waals surface area contributed by atoms with Crippen molar-refractivity contribution in [3.05, 3.63) is 52.7 Å². The van der Waals surface area contributed by atoms with Crippen LogP contribution in [0, 0.1) is 0 Å². The zero-order valence-electron chi connectivity index (χ0n) is 8.18. The number of hydrogen-bond donors (Lipinski definition) is 1. The van der Waals surface area contributed by atoms with Crippen molar-refractivity contribution in [2.75, 3.05) is 0 Å². The van der Waals surface area contributed by atoms with Crippen molar-refractivity contribution in [3.63, 3.8) is 0 Å². The van der Waals surface area contributed by atoms with E-state index in [1.807, 2.05) is 30.3 Å². The van der Waals surface area contributed by atoms with Crippen molar-refractivity contribution in [1.82, 2.24) is 4.98 Å². The smallest absolute Gasteiger partial charge is 0.392 e. The molecule has 0 unspecified atom stereocenters. The van der Waals surface area contributed by atoms with E-state index in [1.54, 1.807) is 0 Å². The van der Waals surface area contributed by atoms with Crippen molar-refractivity contribution in [1.29, 1.82) is 0 Å². The lowest BCUT2D eigenvalue weighted by molar-refractivity contribution is 0.0652. The molecule has 1 N–H and O–H groups in total. The van der Waals surface area contributed by atoms with Crippen molar-refractivity contribution in [3.8, 4) is 0 Å². The Morgan fingerprint density at radius 3 is 2.62 bits per heavy atom. The van der Waals surface area contributed by atoms with E-state index in [9.17, 15) is 4.79 Å². The number of aromatic carboxylic acids is 1. The summed E-state index contributed by atoms with van der Waals surface area (Å²) >= 11 is 5.77. The van der Waals surface area contributed by atoms with Gasteiger partial charge in [-0.25, -0.2) is 4.79 Å². The van der Waals surface area contributed by atoms with Crippen LogP contribution in [0.15, 0.2) is 34.7 Å². The van der Waals surface area contributed by atoms with Gasteiger partial charge in [0.15, 0.2) is 5.15 Å². The summed E-state index contributed by atoms with van der Waals surface area (Å²) in [5.41, 5.74) is 0.984. The van der Waals surface area contributed by atoms with Crippen LogP contribution in [0.1, 0.15) is 22.0 Å². The van der Waals surface area contributed by atoms with Gasteiger partial charge in [-0.1, -0.05) is 41.9 Å². The van der Waals surface area contributed by atoms with E-state index in [4.69, 9.17) is 21.1 Å². The van der Waals surface area contributed by atoms with Crippen LogP contribution in [0.3, 0.4) is 0 Å². The fourth-order valence-electron chi connectivity index (χ4n) is 1.31. The Balaban J connectivity index is 2.25. The number of nitrogens with zero attached hydrogens (tertiary/aromatic N) is 1. The molecule has 2 aromatic rings. The third kappa shape index (κ3) is 2.23. The standard InChI is InChI=1S/C11H8ClNO3/c12-9-8(16-10(13-9)11(14)15)6-7-4-2-1-3-5-7/h1-5H,6H2,(H,14,15). The number of aromatic nitrogens is 1. The van der Waals surface area contributed by atoms with Crippen LogP contribution in [-0.2, 0) is 6.42 Å². The molecule has 4 nitrogen and oxygen atoms in total. The molecule has 0 aliphatic carbocycles. The van der Waals surface area contributed by atoms with Crippen molar-refractivity contribution < 1.29 is 14.3 Å². The van der Waals surface area contributed by atoms with E-state index < -0.39 is 5.97 Å². The minimum Gasteiger partial charge on any atom is -0.474 e. The molecule has 0 bridgehead atoms. The molecule has 82 valence electrons. The third-order valence-corrected chi connectivity index (χ3v) is 2.34. The maximum atomic E-state index is 10.6. The van der Waals surface area contributed by atoms with Crippen molar-refractivity contribution in [2.24, 2.45) is 0 Å². The Bertz CT molecular complexity index is 507. The summed E-state index contributed by atoms with van der Waals surface area (Å²) in [5, 5.41) is 8.77. The zero-order chi connectivity index (χ0) is 11.5. The Morgan fingerprint density at radius 1 is 1.38 bits per heavy atom. The Hall–Kier alpha value is -1.81. The highest BCUT2D eigenvalue weighted by Gasteiger charge is 2.16. The molecule has 2 rings (SSSR count). The first kappa shape index (κ1) is 10.7. The van der Waals surface area contributed by atoms with E-state index in [-0.39, 0.29) is 11.0 Å². The Labute approximate surface area is 96.5 Å². The number of halogens is 1. The van der Waals surface area contributed by atoms with Gasteiger partial charge < -0.3 is 9.52 Å². The molecule has 1 aromatic heterocycles. The summed E-state index contributed by atoms with van der Waals surface area (Å²) in [6, 6.07) is 9.47. The first-order valence-electron chi connectivity index (χ1n) is 4.59. The molecule has 5 heteroatoms. The molecule has 0 aliphatic heterocycles. The van der Waals surface area contributed by atoms with Crippen LogP contribution in [-0.4, -0.2) is 16.1 Å². The van der Waals surface area contributed by atoms with Gasteiger partial charge in [0.2, 0.25) is 0 Å². The van der Waals surface area contributed by atoms with E-state index in [0.29, 0.717) is 12.2 Å². The SMILES string of the molecule is O=C(O)c1nc(Cl)c(Cc2ccccc2)o1. The molecular weight excluding hydrogens is 230 g/mol. The molecule has 0 atom stereocenters. The largest absolute Gasteiger partial charge is 0.474 e. The first-order chi connectivity index (χ1) is 7.66. The zero-order valence-corrected chi connectivity index (χ0v) is 8.94. The van der Waals surface area contributed by atoms with Crippen LogP contribution in [0.4, 0.5) is 0 Å². The second kappa shape index (κ2) is 4.37. The van der Waals surface area contributed by atoms with Gasteiger partial charge in [0, 0.05) is 6.42 Å². The number of carboxylic acid groups (broad SMARTS) is 1. The normalized spacial score (nSPS) is 10.3. The van der Waals surface area contributed by atoms with Gasteiger partial charge in [0.25, 0.3) is 0 Å². The molecule has 1 aromatic carbocycles. The predicted octanol–water partition coefficient (Wildman–Crippen LogP) is 2.62. The van der Waals surface area contributed by atoms with Gasteiger partial charge in [-0.15, -0.1) is 0 Å². The lowest BCUT2D eigenvalue weighted by atomic mass is 10.1. The first-order valence-corrected chi connectivity index (χ1v) is 4.97. The quantitative estimate of drug-likeness (QED) is 0.891. The molecule has 0 amide bonds. The van der Waals surface area contributed by atoms with Crippen LogP contribution in [0.5, 0.6) is 0 Å². The number of hydrogen-bond acceptors (Lipinski definition) is 3. The topological polar surface area (TPSA) is 63.3 Å². The van der Waals surface area contributed by atoms with E-state index in [2.05, 4.69) is 4.98 Å². The molecule has 0 radical (unpaired) electrons. The van der Waals surface area contributed by atoms with Crippen LogP contribution in [0.2, 0.25) is 5.15 Å². The minimum atomic E-state index is -1.22. The molecule has 16 heavy (non-hydrogen) atoms. The van der Waals surface area contributed by atoms with Gasteiger partial charge in [0.1, 0.15) is 5.76 Å². The highest BCUT2D eigenvalue weighted by atomic mass is 35.5. The molecule has 0 saturated carbocycles. The van der Waals surface area contributed by atoms with Gasteiger partial charge in [-0.2, -0.15) is 4.98 Å². The maximum absolute atomic E-state index is 10.6. The van der Waals surface area contributed by atoms with Crippen LogP contribution >= 0.6 is 11.6 Å². The molecule has 1 heterocycles. The number of rotatable bonds is 3. The van der Waals surface area contributed by atoms with Crippen LogP contribution in [0.25, 0.3) is 0 Å². The second-order valence-corrected chi connectivity index (χ2v) is 3.56. The van der Waals surface area contributed by atoms with Gasteiger partial charge in [-0.3, -0.25) is 0 Å². The Kier molecular flexibility index (Phi) is 2.92. The fraction of sp³-hybridized carbons (Fsp3) is 0.0909. The van der Waals surface area contributed by atoms with Gasteiger partial charge in [0.05, 0.1) is 0 Å². The number of carbonyl (C=O) groups is 1. The summed E-state index contributed by atoms with van der Waals surface area (Å²) in [5.74, 6) is -1.23. The number of benzene rings is 1. The highest BCUT2D eigenvalue weighted by molar-refractivity contribution is 6.30. The molecule has 0 spiro atoms. The minimum absolute atomic E-state index is 0.0984. The average Bonchev–Trinajstić information content (AvgIpc) is 2.62. The van der Waals surface area contributed by atoms with E-state index in [1.165, 1.54) is 0 Å². The summed E-state index contributed by atoms with van der Waals surface area (Å²) < 4.78 is 5.04. The van der Waals surface area contributed by atoms with E-state index in [0.717, 1.165) is 5.56 Å². The fourth-order valence-corrected chi connectivity index (χ4v) is 1.50. The maximum Gasteiger partial charge on any atom is 0.392 e. The third-order valence-electron chi connectivity index (χ3n) is 2.04. The molecule has 0 aliphatic rings. The van der Waals surface area contributed by atoms with Gasteiger partial charge >= 0.3 is 11.9 Å². The van der Waals surface area contributed by atoms with Gasteiger partial charge in [-0.05, 0) is 5.56 Å². The number of oxazole rings is 1. The summed E-state index contributed by atoms with van der Waals surface area (Å²) in [6.45, 7) is 0. The highest BCUT2D eigenvalue weighted by Crippen LogP contribution is 2.20. The van der Waals surface area contributed by atoms with Crippen molar-refractivity contribution >= 4 is 17.6 Å². The summed E-state index contributed by atoms with van der Waals surface area (Å²) in [7, 11) is 0. The summed E-state index contributed by atoms with van der Waals surface area (Å²) in [4.78, 5) is 14.2. The second-order valence-electron chi connectivity index (χ2n) is 3.20. The Morgan fingerprint density at radius 2 is 2.06 bits per heavy atom. The lowest BCUT2D eigenvalue weighted by Crippen LogP contribution is -1.95. The van der Waals surface area contributed by atoms with E-state index >= 15 is 0 Å². The monoisotopic (exact) mass is 237 g/mol.